The van der Waals surface area contributed by atoms with E-state index in [-0.39, 0.29) is 23.8 Å². The quantitative estimate of drug-likeness (QED) is 0.195. The van der Waals surface area contributed by atoms with Crippen molar-refractivity contribution in [1.29, 1.82) is 0 Å². The summed E-state index contributed by atoms with van der Waals surface area (Å²) in [5.74, 6) is -0.970. The molecule has 1 saturated carbocycles. The van der Waals surface area contributed by atoms with Gasteiger partial charge in [-0.25, -0.2) is 14.4 Å². The molecule has 1 fully saturated rings. The number of nitrogens with zero attached hydrogens (tertiary/aromatic N) is 1. The molecule has 1 atom stereocenters. The Morgan fingerprint density at radius 2 is 1.69 bits per heavy atom. The predicted molar refractivity (Wildman–Crippen MR) is 160 cm³/mol. The van der Waals surface area contributed by atoms with Crippen LogP contribution in [0, 0.1) is 11.3 Å². The van der Waals surface area contributed by atoms with Gasteiger partial charge in [-0.05, 0) is 68.6 Å². The van der Waals surface area contributed by atoms with E-state index < -0.39 is 42.1 Å². The lowest BCUT2D eigenvalue weighted by Gasteiger charge is -2.36. The molecule has 1 aromatic rings. The second-order valence-corrected chi connectivity index (χ2v) is 13.2. The average molecular weight is 611 g/mol. The van der Waals surface area contributed by atoms with Crippen molar-refractivity contribution in [2.45, 2.75) is 91.3 Å². The second kappa shape index (κ2) is 14.9. The highest BCUT2D eigenvalue weighted by molar-refractivity contribution is 6.30. The maximum atomic E-state index is 13.7. The number of hydrogen-bond acceptors (Lipinski definition) is 8. The Balaban J connectivity index is 1.90. The first-order chi connectivity index (χ1) is 19.5. The van der Waals surface area contributed by atoms with Crippen LogP contribution in [-0.4, -0.2) is 72.6 Å². The monoisotopic (exact) mass is 610 g/mol. The third-order valence-electron chi connectivity index (χ3n) is 6.84. The van der Waals surface area contributed by atoms with E-state index in [1.54, 1.807) is 13.8 Å². The minimum absolute atomic E-state index is 0.0641. The zero-order valence-electron chi connectivity index (χ0n) is 25.9. The van der Waals surface area contributed by atoms with E-state index in [0.29, 0.717) is 31.0 Å². The average Bonchev–Trinajstić information content (AvgIpc) is 3.64. The molecule has 236 valence electrons. The fourth-order valence-corrected chi connectivity index (χ4v) is 4.49. The number of nitrogens with two attached hydrogens (primary N) is 1. The molecule has 2 rings (SSSR count). The predicted octanol–water partition coefficient (Wildman–Crippen LogP) is 4.39. The Morgan fingerprint density at radius 1 is 1.07 bits per heavy atom. The van der Waals surface area contributed by atoms with Gasteiger partial charge in [0.25, 0.3) is 0 Å². The fourth-order valence-electron chi connectivity index (χ4n) is 4.36. The van der Waals surface area contributed by atoms with Crippen LogP contribution in [0.25, 0.3) is 0 Å². The van der Waals surface area contributed by atoms with Gasteiger partial charge in [0.15, 0.2) is 0 Å². The van der Waals surface area contributed by atoms with Gasteiger partial charge < -0.3 is 35.5 Å². The first kappa shape index (κ1) is 35.1. The van der Waals surface area contributed by atoms with Crippen molar-refractivity contribution in [1.82, 2.24) is 15.5 Å². The van der Waals surface area contributed by atoms with Crippen LogP contribution in [0.3, 0.4) is 0 Å². The highest BCUT2D eigenvalue weighted by atomic mass is 35.5. The first-order valence-corrected chi connectivity index (χ1v) is 14.7. The summed E-state index contributed by atoms with van der Waals surface area (Å²) in [6, 6.07) is 6.36. The van der Waals surface area contributed by atoms with Crippen molar-refractivity contribution < 1.29 is 33.4 Å². The summed E-state index contributed by atoms with van der Waals surface area (Å²) in [7, 11) is 0. The van der Waals surface area contributed by atoms with Crippen molar-refractivity contribution in [3.05, 3.63) is 34.9 Å². The Bertz CT molecular complexity index is 1090. The standard InChI is InChI=1S/C30H47ClN4O7/c1-8-15-35(18-28(4,5)16-21-9-11-22(31)12-10-21)24(36)23(20(2)3)34-26(38)33-17-29(6,7)42-27(39)41-19-40-25(37)30(32)13-14-30/h9-12,20,23H,8,13-19,32H2,1-7H3,(H2,33,34,38)/t23-/m1/s1. The number of halogens is 1. The number of carbonyl (C=O) groups is 4. The molecule has 0 aromatic heterocycles. The van der Waals surface area contributed by atoms with E-state index in [4.69, 9.17) is 31.5 Å². The second-order valence-electron chi connectivity index (χ2n) is 12.7. The number of rotatable bonds is 15. The zero-order chi connectivity index (χ0) is 31.7. The smallest absolute Gasteiger partial charge is 0.426 e. The number of carbonyl (C=O) groups excluding carboxylic acids is 4. The SMILES string of the molecule is CCCN(CC(C)(C)Cc1ccc(Cl)cc1)C(=O)[C@H](NC(=O)NCC(C)(C)OC(=O)OCOC(=O)C1(N)CC1)C(C)C. The third kappa shape index (κ3) is 11.7. The van der Waals surface area contributed by atoms with E-state index in [9.17, 15) is 19.2 Å². The molecular weight excluding hydrogens is 564 g/mol. The molecule has 0 saturated heterocycles. The minimum Gasteiger partial charge on any atom is -0.426 e. The molecule has 0 bridgehead atoms. The van der Waals surface area contributed by atoms with E-state index in [1.807, 2.05) is 49.9 Å². The lowest BCUT2D eigenvalue weighted by Crippen LogP contribution is -2.56. The number of esters is 1. The van der Waals surface area contributed by atoms with Crippen molar-refractivity contribution in [3.63, 3.8) is 0 Å². The first-order valence-electron chi connectivity index (χ1n) is 14.4. The molecular formula is C30H47ClN4O7. The highest BCUT2D eigenvalue weighted by Crippen LogP contribution is 2.33. The van der Waals surface area contributed by atoms with Crippen molar-refractivity contribution in [2.75, 3.05) is 26.4 Å². The molecule has 1 aliphatic carbocycles. The molecule has 0 unspecified atom stereocenters. The van der Waals surface area contributed by atoms with Gasteiger partial charge in [-0.3, -0.25) is 4.79 Å². The van der Waals surface area contributed by atoms with Crippen LogP contribution in [0.4, 0.5) is 9.59 Å². The summed E-state index contributed by atoms with van der Waals surface area (Å²) in [5.41, 5.74) is 4.49. The molecule has 0 heterocycles. The van der Waals surface area contributed by atoms with Gasteiger partial charge in [0.05, 0.1) is 6.54 Å². The molecule has 0 aliphatic heterocycles. The lowest BCUT2D eigenvalue weighted by atomic mass is 9.84. The summed E-state index contributed by atoms with van der Waals surface area (Å²) >= 11 is 6.03. The molecule has 1 aliphatic rings. The minimum atomic E-state index is -1.15. The summed E-state index contributed by atoms with van der Waals surface area (Å²) in [5, 5.41) is 6.13. The largest absolute Gasteiger partial charge is 0.511 e. The van der Waals surface area contributed by atoms with E-state index in [2.05, 4.69) is 24.5 Å². The van der Waals surface area contributed by atoms with Gasteiger partial charge >= 0.3 is 18.2 Å². The number of nitrogens with one attached hydrogen (secondary N) is 2. The Labute approximate surface area is 254 Å². The summed E-state index contributed by atoms with van der Waals surface area (Å²) in [6.45, 7) is 13.5. The van der Waals surface area contributed by atoms with Crippen molar-refractivity contribution in [3.8, 4) is 0 Å². The summed E-state index contributed by atoms with van der Waals surface area (Å²) < 4.78 is 14.9. The molecule has 0 radical (unpaired) electrons. The molecule has 42 heavy (non-hydrogen) atoms. The van der Waals surface area contributed by atoms with Crippen molar-refractivity contribution >= 4 is 35.7 Å². The number of urea groups is 1. The fraction of sp³-hybridized carbons (Fsp3) is 0.667. The van der Waals surface area contributed by atoms with Gasteiger partial charge in [-0.15, -0.1) is 0 Å². The van der Waals surface area contributed by atoms with Crippen LogP contribution < -0.4 is 16.4 Å². The maximum absolute atomic E-state index is 13.7. The van der Waals surface area contributed by atoms with Gasteiger partial charge in [0.1, 0.15) is 17.2 Å². The van der Waals surface area contributed by atoms with Crippen LogP contribution in [0.15, 0.2) is 24.3 Å². The normalized spacial score (nSPS) is 14.9. The van der Waals surface area contributed by atoms with Gasteiger partial charge in [0.2, 0.25) is 12.7 Å². The van der Waals surface area contributed by atoms with E-state index in [1.165, 1.54) is 0 Å². The van der Waals surface area contributed by atoms with Crippen LogP contribution in [0.2, 0.25) is 5.02 Å². The maximum Gasteiger partial charge on any atom is 0.511 e. The Morgan fingerprint density at radius 3 is 2.24 bits per heavy atom. The van der Waals surface area contributed by atoms with Gasteiger partial charge in [0, 0.05) is 18.1 Å². The third-order valence-corrected chi connectivity index (χ3v) is 7.09. The number of hydrogen-bond donors (Lipinski definition) is 3. The summed E-state index contributed by atoms with van der Waals surface area (Å²) in [4.78, 5) is 52.1. The number of benzene rings is 1. The van der Waals surface area contributed by atoms with Gasteiger partial charge in [-0.1, -0.05) is 58.4 Å². The lowest BCUT2D eigenvalue weighted by molar-refractivity contribution is -0.157. The topological polar surface area (TPSA) is 149 Å². The molecule has 0 spiro atoms. The zero-order valence-corrected chi connectivity index (χ0v) is 26.6. The highest BCUT2D eigenvalue weighted by Gasteiger charge is 2.47. The van der Waals surface area contributed by atoms with Crippen LogP contribution in [0.1, 0.15) is 73.3 Å². The van der Waals surface area contributed by atoms with Crippen LogP contribution in [-0.2, 0) is 30.2 Å². The molecule has 3 amide bonds. The van der Waals surface area contributed by atoms with Crippen molar-refractivity contribution in [2.24, 2.45) is 17.1 Å². The summed E-state index contributed by atoms with van der Waals surface area (Å²) in [6.07, 6.45) is 1.52. The van der Waals surface area contributed by atoms with Crippen LogP contribution >= 0.6 is 11.6 Å². The van der Waals surface area contributed by atoms with E-state index >= 15 is 0 Å². The van der Waals surface area contributed by atoms with E-state index in [0.717, 1.165) is 18.4 Å². The Kier molecular flexibility index (Phi) is 12.5. The number of amides is 3. The molecule has 12 heteroatoms. The van der Waals surface area contributed by atoms with Crippen LogP contribution in [0.5, 0.6) is 0 Å². The molecule has 4 N–H and O–H groups in total. The van der Waals surface area contributed by atoms with Gasteiger partial charge in [-0.2, -0.15) is 0 Å². The number of ether oxygens (including phenoxy) is 3. The molecule has 11 nitrogen and oxygen atoms in total. The Hall–Kier alpha value is -3.05. The molecule has 1 aromatic carbocycles.